The third-order valence-electron chi connectivity index (χ3n) is 3.24. The van der Waals surface area contributed by atoms with Crippen LogP contribution in [0.5, 0.6) is 5.75 Å². The largest absolute Gasteiger partial charge is 0.486 e. The molecule has 0 radical (unpaired) electrons. The lowest BCUT2D eigenvalue weighted by atomic mass is 10.0. The highest BCUT2D eigenvalue weighted by molar-refractivity contribution is 9.10. The summed E-state index contributed by atoms with van der Waals surface area (Å²) in [4.78, 5) is 0. The van der Waals surface area contributed by atoms with E-state index < -0.39 is 0 Å². The zero-order valence-corrected chi connectivity index (χ0v) is 13.2. The molecule has 1 aliphatic rings. The minimum absolute atomic E-state index is 0.209. The Bertz CT molecular complexity index is 594. The van der Waals surface area contributed by atoms with Gasteiger partial charge in [0.15, 0.2) is 0 Å². The first kappa shape index (κ1) is 13.9. The molecule has 4 heteroatoms. The predicted molar refractivity (Wildman–Crippen MR) is 83.6 cm³/mol. The zero-order valence-electron chi connectivity index (χ0n) is 10.8. The summed E-state index contributed by atoms with van der Waals surface area (Å²) in [7, 11) is 0. The lowest BCUT2D eigenvalue weighted by Crippen LogP contribution is -2.38. The number of hydrogen-bond acceptors (Lipinski definition) is 2. The van der Waals surface area contributed by atoms with Crippen LogP contribution in [0.2, 0.25) is 5.02 Å². The maximum absolute atomic E-state index is 6.21. The molecule has 2 nitrogen and oxygen atoms in total. The van der Waals surface area contributed by atoms with Crippen molar-refractivity contribution >= 4 is 27.5 Å². The zero-order chi connectivity index (χ0) is 13.9. The molecule has 20 heavy (non-hydrogen) atoms. The van der Waals surface area contributed by atoms with Gasteiger partial charge in [0.05, 0.1) is 13.2 Å². The van der Waals surface area contributed by atoms with Gasteiger partial charge in [0.25, 0.3) is 0 Å². The first-order valence-corrected chi connectivity index (χ1v) is 7.65. The Hall–Kier alpha value is -1.03. The van der Waals surface area contributed by atoms with Gasteiger partial charge >= 0.3 is 0 Å². The topological polar surface area (TPSA) is 18.5 Å². The van der Waals surface area contributed by atoms with Crippen molar-refractivity contribution in [3.63, 3.8) is 0 Å². The fraction of sp³-hybridized carbons (Fsp3) is 0.250. The Labute approximate surface area is 131 Å². The molecule has 1 heterocycles. The predicted octanol–water partition coefficient (Wildman–Crippen LogP) is 4.47. The Morgan fingerprint density at radius 1 is 1.15 bits per heavy atom. The fourth-order valence-corrected chi connectivity index (χ4v) is 2.65. The molecular formula is C16H14BrClO2. The van der Waals surface area contributed by atoms with Crippen LogP contribution >= 0.6 is 27.5 Å². The summed E-state index contributed by atoms with van der Waals surface area (Å²) in [6, 6.07) is 14.1. The van der Waals surface area contributed by atoms with Crippen molar-refractivity contribution in [2.45, 2.75) is 12.5 Å². The summed E-state index contributed by atoms with van der Waals surface area (Å²) in [6.45, 7) is 1.38. The molecule has 0 atom stereocenters. The molecular weight excluding hydrogens is 340 g/mol. The van der Waals surface area contributed by atoms with Crippen LogP contribution < -0.4 is 4.74 Å². The van der Waals surface area contributed by atoms with Crippen molar-refractivity contribution in [3.05, 3.63) is 63.1 Å². The number of ether oxygens (including phenoxy) is 2. The second-order valence-corrected chi connectivity index (χ2v) is 6.16. The van der Waals surface area contributed by atoms with E-state index in [4.69, 9.17) is 21.1 Å². The van der Waals surface area contributed by atoms with E-state index in [2.05, 4.69) is 34.1 Å². The van der Waals surface area contributed by atoms with Crippen LogP contribution in [0.25, 0.3) is 0 Å². The van der Waals surface area contributed by atoms with Gasteiger partial charge in [-0.2, -0.15) is 0 Å². The van der Waals surface area contributed by atoms with Gasteiger partial charge in [-0.15, -0.1) is 0 Å². The van der Waals surface area contributed by atoms with Gasteiger partial charge in [-0.05, 0) is 47.9 Å². The Morgan fingerprint density at radius 2 is 1.90 bits per heavy atom. The van der Waals surface area contributed by atoms with Gasteiger partial charge < -0.3 is 9.47 Å². The molecule has 0 spiro atoms. The highest BCUT2D eigenvalue weighted by Crippen LogP contribution is 2.24. The maximum Gasteiger partial charge on any atom is 0.145 e. The molecule has 1 aliphatic heterocycles. The van der Waals surface area contributed by atoms with Crippen LogP contribution in [0.15, 0.2) is 46.9 Å². The molecule has 0 unspecified atom stereocenters. The summed E-state index contributed by atoms with van der Waals surface area (Å²) in [5.74, 6) is 0.891. The molecule has 104 valence electrons. The van der Waals surface area contributed by atoms with Crippen LogP contribution in [0.4, 0.5) is 0 Å². The van der Waals surface area contributed by atoms with Crippen molar-refractivity contribution in [1.29, 1.82) is 0 Å². The van der Waals surface area contributed by atoms with Crippen LogP contribution in [0.3, 0.4) is 0 Å². The molecule has 0 aliphatic carbocycles. The molecule has 0 bridgehead atoms. The highest BCUT2D eigenvalue weighted by Gasteiger charge is 2.19. The van der Waals surface area contributed by atoms with E-state index in [1.165, 1.54) is 5.56 Å². The van der Waals surface area contributed by atoms with Gasteiger partial charge in [0.2, 0.25) is 0 Å². The van der Waals surface area contributed by atoms with Crippen LogP contribution in [-0.2, 0) is 11.2 Å². The normalized spacial score (nSPS) is 14.9. The van der Waals surface area contributed by atoms with E-state index >= 15 is 0 Å². The molecule has 1 saturated heterocycles. The lowest BCUT2D eigenvalue weighted by Gasteiger charge is -2.26. The maximum atomic E-state index is 6.21. The molecule has 2 aromatic carbocycles. The Balaban J connectivity index is 1.69. The minimum Gasteiger partial charge on any atom is -0.486 e. The third kappa shape index (κ3) is 3.35. The van der Waals surface area contributed by atoms with E-state index in [0.717, 1.165) is 27.2 Å². The van der Waals surface area contributed by atoms with E-state index in [1.54, 1.807) is 0 Å². The Kier molecular flexibility index (Phi) is 4.29. The number of benzene rings is 2. The summed E-state index contributed by atoms with van der Waals surface area (Å²) in [5.41, 5.74) is 2.32. The fourth-order valence-electron chi connectivity index (χ4n) is 2.06. The van der Waals surface area contributed by atoms with Crippen molar-refractivity contribution < 1.29 is 9.47 Å². The lowest BCUT2D eigenvalue weighted by molar-refractivity contribution is -0.0796. The summed E-state index contributed by atoms with van der Waals surface area (Å²) >= 11 is 9.69. The third-order valence-corrected chi connectivity index (χ3v) is 4.10. The van der Waals surface area contributed by atoms with Gasteiger partial charge in [-0.3, -0.25) is 0 Å². The highest BCUT2D eigenvalue weighted by atomic mass is 79.9. The van der Waals surface area contributed by atoms with Gasteiger partial charge in [-0.25, -0.2) is 0 Å². The summed E-state index contributed by atoms with van der Waals surface area (Å²) < 4.78 is 11.9. The molecule has 0 amide bonds. The Morgan fingerprint density at radius 3 is 2.55 bits per heavy atom. The number of hydrogen-bond donors (Lipinski definition) is 0. The quantitative estimate of drug-likeness (QED) is 0.807. The smallest absolute Gasteiger partial charge is 0.145 e. The van der Waals surface area contributed by atoms with E-state index in [1.807, 2.05) is 24.3 Å². The van der Waals surface area contributed by atoms with Crippen molar-refractivity contribution in [2.75, 3.05) is 13.2 Å². The number of rotatable bonds is 4. The summed E-state index contributed by atoms with van der Waals surface area (Å²) in [5, 5.41) is 0.792. The van der Waals surface area contributed by atoms with Gasteiger partial charge in [0, 0.05) is 9.50 Å². The van der Waals surface area contributed by atoms with Gasteiger partial charge in [0.1, 0.15) is 11.9 Å². The molecule has 0 N–H and O–H groups in total. The van der Waals surface area contributed by atoms with Crippen molar-refractivity contribution in [1.82, 2.24) is 0 Å². The van der Waals surface area contributed by atoms with Crippen molar-refractivity contribution in [2.24, 2.45) is 0 Å². The molecule has 0 aromatic heterocycles. The van der Waals surface area contributed by atoms with Crippen LogP contribution in [0, 0.1) is 0 Å². The SMILES string of the molecule is Clc1ccc(Br)cc1Cc1ccc(OC2COC2)cc1. The first-order valence-electron chi connectivity index (χ1n) is 6.48. The first-order chi connectivity index (χ1) is 9.70. The average Bonchev–Trinajstić information content (AvgIpc) is 2.40. The minimum atomic E-state index is 0.209. The van der Waals surface area contributed by atoms with Gasteiger partial charge in [-0.1, -0.05) is 39.7 Å². The van der Waals surface area contributed by atoms with Crippen LogP contribution in [-0.4, -0.2) is 19.3 Å². The van der Waals surface area contributed by atoms with E-state index in [0.29, 0.717) is 13.2 Å². The van der Waals surface area contributed by atoms with E-state index in [-0.39, 0.29) is 6.10 Å². The second kappa shape index (κ2) is 6.17. The molecule has 1 fully saturated rings. The molecule has 0 saturated carbocycles. The molecule has 2 aromatic rings. The second-order valence-electron chi connectivity index (χ2n) is 4.83. The monoisotopic (exact) mass is 352 g/mol. The van der Waals surface area contributed by atoms with E-state index in [9.17, 15) is 0 Å². The number of halogens is 2. The molecule has 3 rings (SSSR count). The van der Waals surface area contributed by atoms with Crippen molar-refractivity contribution in [3.8, 4) is 5.75 Å². The van der Waals surface area contributed by atoms with Crippen LogP contribution in [0.1, 0.15) is 11.1 Å². The summed E-state index contributed by atoms with van der Waals surface area (Å²) in [6.07, 6.45) is 1.02. The average molecular weight is 354 g/mol. The standard InChI is InChI=1S/C16H14BrClO2/c17-13-3-6-16(18)12(8-13)7-11-1-4-14(5-2-11)20-15-9-19-10-15/h1-6,8,15H,7,9-10H2.